The minimum Gasteiger partial charge on any atom is -0.379 e. The molecule has 0 radical (unpaired) electrons. The van der Waals surface area contributed by atoms with E-state index >= 15 is 0 Å². The highest BCUT2D eigenvalue weighted by atomic mass is 32.2. The first-order chi connectivity index (χ1) is 14.4. The van der Waals surface area contributed by atoms with Crippen LogP contribution in [-0.2, 0) is 21.2 Å². The van der Waals surface area contributed by atoms with Crippen molar-refractivity contribution in [1.29, 1.82) is 0 Å². The summed E-state index contributed by atoms with van der Waals surface area (Å²) in [5.74, 6) is -0.153. The van der Waals surface area contributed by atoms with Crippen LogP contribution < -0.4 is 4.90 Å². The lowest BCUT2D eigenvalue weighted by Crippen LogP contribution is -2.43. The van der Waals surface area contributed by atoms with Gasteiger partial charge < -0.3 is 9.64 Å². The maximum Gasteiger partial charge on any atom is 0.258 e. The Kier molecular flexibility index (Phi) is 5.95. The van der Waals surface area contributed by atoms with Crippen LogP contribution in [0.1, 0.15) is 42.1 Å². The molecule has 2 aliphatic heterocycles. The number of methoxy groups -OCH3 is 1. The van der Waals surface area contributed by atoms with Crippen LogP contribution in [0.2, 0.25) is 0 Å². The van der Waals surface area contributed by atoms with Crippen LogP contribution in [0.4, 0.5) is 5.69 Å². The number of carbonyl (C=O) groups excluding carboxylic acids is 1. The van der Waals surface area contributed by atoms with Gasteiger partial charge in [-0.15, -0.1) is 0 Å². The Hall–Kier alpha value is -2.22. The number of nitrogens with zero attached hydrogens (tertiary/aromatic N) is 2. The largest absolute Gasteiger partial charge is 0.379 e. The zero-order chi connectivity index (χ0) is 21.3. The SMILES string of the molecule is COC1Cc2ccccc2N(C(=O)c2ccc(S(=O)(=O)N3CCCCC3C)cc2)C1. The van der Waals surface area contributed by atoms with Gasteiger partial charge in [0.25, 0.3) is 5.91 Å². The first-order valence-electron chi connectivity index (χ1n) is 10.5. The van der Waals surface area contributed by atoms with Gasteiger partial charge in [0.2, 0.25) is 10.0 Å². The molecule has 1 saturated heterocycles. The van der Waals surface area contributed by atoms with Crippen molar-refractivity contribution in [2.75, 3.05) is 25.1 Å². The zero-order valence-corrected chi connectivity index (χ0v) is 18.3. The van der Waals surface area contributed by atoms with Crippen molar-refractivity contribution >= 4 is 21.6 Å². The summed E-state index contributed by atoms with van der Waals surface area (Å²) in [7, 11) is -1.90. The summed E-state index contributed by atoms with van der Waals surface area (Å²) in [6.07, 6.45) is 3.52. The average molecular weight is 429 g/mol. The van der Waals surface area contributed by atoms with Crippen molar-refractivity contribution in [3.63, 3.8) is 0 Å². The highest BCUT2D eigenvalue weighted by Gasteiger charge is 2.32. The van der Waals surface area contributed by atoms with Crippen LogP contribution in [0.3, 0.4) is 0 Å². The van der Waals surface area contributed by atoms with Crippen LogP contribution in [0.5, 0.6) is 0 Å². The molecule has 2 aromatic carbocycles. The molecule has 2 aromatic rings. The number of anilines is 1. The maximum atomic E-state index is 13.2. The summed E-state index contributed by atoms with van der Waals surface area (Å²) in [5, 5.41) is 0. The number of sulfonamides is 1. The van der Waals surface area contributed by atoms with Gasteiger partial charge in [-0.1, -0.05) is 24.6 Å². The summed E-state index contributed by atoms with van der Waals surface area (Å²) in [6, 6.07) is 14.2. The first kappa shape index (κ1) is 21.0. The predicted octanol–water partition coefficient (Wildman–Crippen LogP) is 3.47. The fourth-order valence-corrected chi connectivity index (χ4v) is 6.10. The van der Waals surface area contributed by atoms with Crippen LogP contribution in [0.25, 0.3) is 0 Å². The molecule has 0 aliphatic carbocycles. The number of ether oxygens (including phenoxy) is 1. The summed E-state index contributed by atoms with van der Waals surface area (Å²) in [4.78, 5) is 15.2. The maximum absolute atomic E-state index is 13.2. The molecule has 0 bridgehead atoms. The standard InChI is InChI=1S/C23H28N2O4S/c1-17-7-5-6-14-25(17)30(27,28)21-12-10-18(11-13-21)23(26)24-16-20(29-2)15-19-8-3-4-9-22(19)24/h3-4,8-13,17,20H,5-7,14-16H2,1-2H3. The topological polar surface area (TPSA) is 66.9 Å². The lowest BCUT2D eigenvalue weighted by molar-refractivity contribution is 0.0870. The Morgan fingerprint density at radius 1 is 1.07 bits per heavy atom. The molecule has 2 aliphatic rings. The molecule has 2 heterocycles. The monoisotopic (exact) mass is 428 g/mol. The summed E-state index contributed by atoms with van der Waals surface area (Å²) < 4.78 is 33.2. The van der Waals surface area contributed by atoms with Crippen molar-refractivity contribution in [1.82, 2.24) is 4.31 Å². The van der Waals surface area contributed by atoms with E-state index in [0.717, 1.165) is 36.9 Å². The number of para-hydroxylation sites is 1. The van der Waals surface area contributed by atoms with E-state index in [0.29, 0.717) is 18.7 Å². The van der Waals surface area contributed by atoms with Gasteiger partial charge in [-0.2, -0.15) is 4.31 Å². The van der Waals surface area contributed by atoms with Crippen molar-refractivity contribution in [2.24, 2.45) is 0 Å². The number of hydrogen-bond donors (Lipinski definition) is 0. The van der Waals surface area contributed by atoms with E-state index in [1.807, 2.05) is 31.2 Å². The van der Waals surface area contributed by atoms with Crippen LogP contribution in [-0.4, -0.2) is 51.0 Å². The van der Waals surface area contributed by atoms with Crippen LogP contribution >= 0.6 is 0 Å². The summed E-state index contributed by atoms with van der Waals surface area (Å²) >= 11 is 0. The van der Waals surface area contributed by atoms with Crippen LogP contribution in [0, 0.1) is 0 Å². The van der Waals surface area contributed by atoms with E-state index in [1.165, 1.54) is 0 Å². The average Bonchev–Trinajstić information content (AvgIpc) is 2.78. The van der Waals surface area contributed by atoms with Crippen molar-refractivity contribution in [2.45, 2.75) is 49.6 Å². The molecule has 1 amide bonds. The molecule has 2 unspecified atom stereocenters. The van der Waals surface area contributed by atoms with E-state index in [1.54, 1.807) is 40.6 Å². The fourth-order valence-electron chi connectivity index (χ4n) is 4.40. The molecule has 2 atom stereocenters. The molecule has 160 valence electrons. The number of carbonyl (C=O) groups is 1. The second kappa shape index (κ2) is 8.49. The number of hydrogen-bond acceptors (Lipinski definition) is 4. The molecule has 0 spiro atoms. The lowest BCUT2D eigenvalue weighted by atomic mass is 9.98. The van der Waals surface area contributed by atoms with E-state index < -0.39 is 10.0 Å². The first-order valence-corrected chi connectivity index (χ1v) is 11.9. The smallest absolute Gasteiger partial charge is 0.258 e. The molecule has 1 fully saturated rings. The third-order valence-electron chi connectivity index (χ3n) is 6.14. The number of rotatable bonds is 4. The van der Waals surface area contributed by atoms with E-state index in [2.05, 4.69) is 0 Å². The fraction of sp³-hybridized carbons (Fsp3) is 0.435. The van der Waals surface area contributed by atoms with Gasteiger partial charge in [0.1, 0.15) is 0 Å². The second-order valence-electron chi connectivity index (χ2n) is 8.09. The molecule has 0 aromatic heterocycles. The Balaban J connectivity index is 1.59. The Labute approximate surface area is 178 Å². The minimum absolute atomic E-state index is 0.000822. The van der Waals surface area contributed by atoms with Gasteiger partial charge in [0.05, 0.1) is 17.5 Å². The molecule has 0 saturated carbocycles. The minimum atomic E-state index is -3.55. The van der Waals surface area contributed by atoms with Gasteiger partial charge in [0, 0.05) is 37.4 Å². The molecule has 0 N–H and O–H groups in total. The number of piperidine rings is 1. The van der Waals surface area contributed by atoms with E-state index in [-0.39, 0.29) is 22.9 Å². The quantitative estimate of drug-likeness (QED) is 0.748. The van der Waals surface area contributed by atoms with Gasteiger partial charge >= 0.3 is 0 Å². The van der Waals surface area contributed by atoms with Crippen LogP contribution in [0.15, 0.2) is 53.4 Å². The van der Waals surface area contributed by atoms with E-state index in [4.69, 9.17) is 4.74 Å². The predicted molar refractivity (Wildman–Crippen MR) is 116 cm³/mol. The van der Waals surface area contributed by atoms with Gasteiger partial charge in [-0.25, -0.2) is 8.42 Å². The number of amides is 1. The second-order valence-corrected chi connectivity index (χ2v) is 9.98. The van der Waals surface area contributed by atoms with Crippen molar-refractivity contribution in [3.8, 4) is 0 Å². The molecule has 30 heavy (non-hydrogen) atoms. The third-order valence-corrected chi connectivity index (χ3v) is 8.17. The Morgan fingerprint density at radius 2 is 1.80 bits per heavy atom. The summed E-state index contributed by atoms with van der Waals surface area (Å²) in [6.45, 7) is 2.97. The van der Waals surface area contributed by atoms with Gasteiger partial charge in [-0.3, -0.25) is 4.79 Å². The van der Waals surface area contributed by atoms with Gasteiger partial charge in [-0.05, 0) is 55.7 Å². The molecule has 6 nitrogen and oxygen atoms in total. The molecular formula is C23H28N2O4S. The lowest BCUT2D eigenvalue weighted by Gasteiger charge is -2.34. The zero-order valence-electron chi connectivity index (χ0n) is 17.5. The number of benzene rings is 2. The highest BCUT2D eigenvalue weighted by Crippen LogP contribution is 2.30. The van der Waals surface area contributed by atoms with E-state index in [9.17, 15) is 13.2 Å². The normalized spacial score (nSPS) is 22.5. The Morgan fingerprint density at radius 3 is 2.50 bits per heavy atom. The third kappa shape index (κ3) is 3.89. The van der Waals surface area contributed by atoms with Gasteiger partial charge in [0.15, 0.2) is 0 Å². The summed E-state index contributed by atoms with van der Waals surface area (Å²) in [5.41, 5.74) is 2.42. The highest BCUT2D eigenvalue weighted by molar-refractivity contribution is 7.89. The molecule has 4 rings (SSSR count). The number of fused-ring (bicyclic) bond motifs is 1. The Bertz CT molecular complexity index is 1020. The molecule has 7 heteroatoms. The molecular weight excluding hydrogens is 400 g/mol. The van der Waals surface area contributed by atoms with Crippen molar-refractivity contribution < 1.29 is 17.9 Å². The van der Waals surface area contributed by atoms with Crippen molar-refractivity contribution in [3.05, 3.63) is 59.7 Å².